The predicted octanol–water partition coefficient (Wildman–Crippen LogP) is 2.52. The van der Waals surface area contributed by atoms with Crippen LogP contribution in [0.4, 0.5) is 10.2 Å². The molecule has 5 nitrogen and oxygen atoms in total. The van der Waals surface area contributed by atoms with Gasteiger partial charge in [-0.2, -0.15) is 0 Å². The Labute approximate surface area is 147 Å². The number of aryl methyl sites for hydroxylation is 2. The molecule has 0 unspecified atom stereocenters. The lowest BCUT2D eigenvalue weighted by Gasteiger charge is -2.26. The molecule has 0 saturated carbocycles. The van der Waals surface area contributed by atoms with Crippen LogP contribution in [0.5, 0.6) is 0 Å². The maximum Gasteiger partial charge on any atom is 0.149 e. The molecule has 132 valence electrons. The van der Waals surface area contributed by atoms with E-state index in [0.29, 0.717) is 0 Å². The lowest BCUT2D eigenvalue weighted by atomic mass is 10.0. The van der Waals surface area contributed by atoms with Crippen LogP contribution >= 0.6 is 0 Å². The monoisotopic (exact) mass is 342 g/mol. The van der Waals surface area contributed by atoms with E-state index < -0.39 is 0 Å². The molecule has 1 saturated heterocycles. The van der Waals surface area contributed by atoms with Crippen LogP contribution in [0.3, 0.4) is 0 Å². The fourth-order valence-corrected chi connectivity index (χ4v) is 3.57. The highest BCUT2D eigenvalue weighted by atomic mass is 19.1. The molecule has 0 spiro atoms. The Kier molecular flexibility index (Phi) is 4.90. The van der Waals surface area contributed by atoms with Gasteiger partial charge in [0, 0.05) is 31.7 Å². The number of hydrogen-bond acceptors (Lipinski definition) is 5. The summed E-state index contributed by atoms with van der Waals surface area (Å²) in [5.74, 6) is 0.633. The van der Waals surface area contributed by atoms with E-state index in [-0.39, 0.29) is 5.82 Å². The minimum atomic E-state index is -0.184. The summed E-state index contributed by atoms with van der Waals surface area (Å²) >= 11 is 0. The fraction of sp³-hybridized carbons (Fsp3) is 0.474. The van der Waals surface area contributed by atoms with Gasteiger partial charge >= 0.3 is 0 Å². The number of nitrogens with zero attached hydrogens (tertiary/aromatic N) is 3. The van der Waals surface area contributed by atoms with Crippen molar-refractivity contribution >= 4 is 5.82 Å². The number of nitrogens with one attached hydrogen (secondary N) is 1. The summed E-state index contributed by atoms with van der Waals surface area (Å²) < 4.78 is 18.9. The summed E-state index contributed by atoms with van der Waals surface area (Å²) in [5, 5.41) is 12.2. The molecular formula is C19H23FN4O. The molecule has 1 fully saturated rings. The lowest BCUT2D eigenvalue weighted by Crippen LogP contribution is -2.39. The zero-order valence-corrected chi connectivity index (χ0v) is 14.3. The minimum Gasteiger partial charge on any atom is -0.379 e. The van der Waals surface area contributed by atoms with E-state index in [4.69, 9.17) is 4.74 Å². The number of halogens is 1. The molecule has 0 atom stereocenters. The lowest BCUT2D eigenvalue weighted by molar-refractivity contribution is 0.0398. The smallest absolute Gasteiger partial charge is 0.149 e. The van der Waals surface area contributed by atoms with Crippen LogP contribution in [0.1, 0.15) is 17.5 Å². The van der Waals surface area contributed by atoms with Gasteiger partial charge in [0.15, 0.2) is 0 Å². The number of rotatable bonds is 4. The Hall–Kier alpha value is -2.05. The molecule has 1 aliphatic carbocycles. The second-order valence-electron chi connectivity index (χ2n) is 6.64. The van der Waals surface area contributed by atoms with E-state index in [0.717, 1.165) is 81.3 Å². The van der Waals surface area contributed by atoms with Crippen molar-refractivity contribution in [3.63, 3.8) is 0 Å². The summed E-state index contributed by atoms with van der Waals surface area (Å²) in [6.45, 7) is 5.44. The van der Waals surface area contributed by atoms with E-state index in [1.807, 2.05) is 6.07 Å². The van der Waals surface area contributed by atoms with E-state index >= 15 is 0 Å². The molecule has 2 aromatic rings. The van der Waals surface area contributed by atoms with Crippen molar-refractivity contribution in [2.24, 2.45) is 0 Å². The Bertz CT molecular complexity index is 746. The van der Waals surface area contributed by atoms with Crippen molar-refractivity contribution in [2.45, 2.75) is 19.3 Å². The van der Waals surface area contributed by atoms with Crippen LogP contribution in [-0.2, 0) is 17.6 Å². The van der Waals surface area contributed by atoms with Crippen LogP contribution in [0, 0.1) is 5.82 Å². The molecule has 2 heterocycles. The quantitative estimate of drug-likeness (QED) is 0.925. The van der Waals surface area contributed by atoms with Crippen LogP contribution < -0.4 is 5.32 Å². The van der Waals surface area contributed by atoms with E-state index in [1.165, 1.54) is 11.6 Å². The maximum absolute atomic E-state index is 13.5. The first-order chi connectivity index (χ1) is 12.3. The number of hydrogen-bond donors (Lipinski definition) is 1. The Morgan fingerprint density at radius 1 is 1.08 bits per heavy atom. The van der Waals surface area contributed by atoms with Crippen molar-refractivity contribution in [1.82, 2.24) is 15.1 Å². The first kappa shape index (κ1) is 16.4. The standard InChI is InChI=1S/C19H23FN4O/c20-16-4-5-17-14(12-16)2-1-3-15-13-18(22-23-19(15)17)21-6-7-24-8-10-25-11-9-24/h4-5,12-13H,1-3,6-11H2,(H,21,22). The molecule has 1 aliphatic heterocycles. The molecule has 4 rings (SSSR count). The molecule has 1 aromatic heterocycles. The SMILES string of the molecule is Fc1ccc2c(c1)CCCc1cc(NCCN3CCOCC3)nnc1-2. The first-order valence-corrected chi connectivity index (χ1v) is 8.99. The van der Waals surface area contributed by atoms with Crippen molar-refractivity contribution in [2.75, 3.05) is 44.7 Å². The van der Waals surface area contributed by atoms with Gasteiger partial charge in [-0.05, 0) is 54.7 Å². The molecular weight excluding hydrogens is 319 g/mol. The molecule has 1 aromatic carbocycles. The average molecular weight is 342 g/mol. The van der Waals surface area contributed by atoms with Gasteiger partial charge in [-0.3, -0.25) is 4.90 Å². The number of benzene rings is 1. The fourth-order valence-electron chi connectivity index (χ4n) is 3.57. The van der Waals surface area contributed by atoms with Crippen molar-refractivity contribution in [1.29, 1.82) is 0 Å². The van der Waals surface area contributed by atoms with Gasteiger partial charge in [0.05, 0.1) is 18.9 Å². The highest BCUT2D eigenvalue weighted by Gasteiger charge is 2.17. The number of anilines is 1. The molecule has 0 amide bonds. The molecule has 25 heavy (non-hydrogen) atoms. The highest BCUT2D eigenvalue weighted by molar-refractivity contribution is 5.68. The molecule has 0 radical (unpaired) electrons. The third-order valence-corrected chi connectivity index (χ3v) is 4.93. The Morgan fingerprint density at radius 2 is 1.92 bits per heavy atom. The van der Waals surface area contributed by atoms with Gasteiger partial charge in [0.25, 0.3) is 0 Å². The maximum atomic E-state index is 13.5. The minimum absolute atomic E-state index is 0.184. The van der Waals surface area contributed by atoms with Gasteiger partial charge in [-0.1, -0.05) is 0 Å². The van der Waals surface area contributed by atoms with Crippen molar-refractivity contribution in [3.8, 4) is 11.3 Å². The number of fused-ring (bicyclic) bond motifs is 3. The third-order valence-electron chi connectivity index (χ3n) is 4.93. The molecule has 2 aliphatic rings. The van der Waals surface area contributed by atoms with Gasteiger partial charge in [0.2, 0.25) is 0 Å². The highest BCUT2D eigenvalue weighted by Crippen LogP contribution is 2.31. The normalized spacial score (nSPS) is 17.5. The third kappa shape index (κ3) is 3.80. The van der Waals surface area contributed by atoms with E-state index in [2.05, 4.69) is 26.5 Å². The molecule has 6 heteroatoms. The van der Waals surface area contributed by atoms with Gasteiger partial charge < -0.3 is 10.1 Å². The van der Waals surface area contributed by atoms with Crippen molar-refractivity contribution in [3.05, 3.63) is 41.2 Å². The molecule has 1 N–H and O–H groups in total. The largest absolute Gasteiger partial charge is 0.379 e. The van der Waals surface area contributed by atoms with Gasteiger partial charge in [0.1, 0.15) is 11.6 Å². The van der Waals surface area contributed by atoms with Gasteiger partial charge in [-0.15, -0.1) is 10.2 Å². The number of aromatic nitrogens is 2. The summed E-state index contributed by atoms with van der Waals surface area (Å²) in [6, 6.07) is 7.06. The summed E-state index contributed by atoms with van der Waals surface area (Å²) in [7, 11) is 0. The van der Waals surface area contributed by atoms with E-state index in [1.54, 1.807) is 6.07 Å². The predicted molar refractivity (Wildman–Crippen MR) is 95.2 cm³/mol. The zero-order valence-electron chi connectivity index (χ0n) is 14.3. The van der Waals surface area contributed by atoms with Gasteiger partial charge in [-0.25, -0.2) is 4.39 Å². The summed E-state index contributed by atoms with van der Waals surface area (Å²) in [5.41, 5.74) is 4.13. The van der Waals surface area contributed by atoms with Crippen LogP contribution in [-0.4, -0.2) is 54.5 Å². The second-order valence-corrected chi connectivity index (χ2v) is 6.64. The van der Waals surface area contributed by atoms with Crippen molar-refractivity contribution < 1.29 is 9.13 Å². The van der Waals surface area contributed by atoms with Crippen LogP contribution in [0.2, 0.25) is 0 Å². The number of ether oxygens (including phenoxy) is 1. The molecule has 0 bridgehead atoms. The van der Waals surface area contributed by atoms with E-state index in [9.17, 15) is 4.39 Å². The second kappa shape index (κ2) is 7.45. The first-order valence-electron chi connectivity index (χ1n) is 8.99. The topological polar surface area (TPSA) is 50.3 Å². The number of morpholine rings is 1. The van der Waals surface area contributed by atoms with Crippen LogP contribution in [0.25, 0.3) is 11.3 Å². The Morgan fingerprint density at radius 3 is 2.80 bits per heavy atom. The Balaban J connectivity index is 1.46. The average Bonchev–Trinajstić information content (AvgIpc) is 2.81. The van der Waals surface area contributed by atoms with Crippen LogP contribution in [0.15, 0.2) is 24.3 Å². The zero-order chi connectivity index (χ0) is 17.1. The summed E-state index contributed by atoms with van der Waals surface area (Å²) in [4.78, 5) is 2.39. The summed E-state index contributed by atoms with van der Waals surface area (Å²) in [6.07, 6.45) is 2.82.